The quantitative estimate of drug-likeness (QED) is 0.541. The van der Waals surface area contributed by atoms with Gasteiger partial charge in [0.1, 0.15) is 12.1 Å². The summed E-state index contributed by atoms with van der Waals surface area (Å²) < 4.78 is 10.7. The molecule has 5 heterocycles. The third-order valence-electron chi connectivity index (χ3n) is 6.91. The molecule has 6 rings (SSSR count). The van der Waals surface area contributed by atoms with E-state index >= 15 is 0 Å². The van der Waals surface area contributed by atoms with E-state index < -0.39 is 0 Å². The molecule has 186 valence electrons. The minimum atomic E-state index is -0.360. The molecule has 1 aromatic carbocycles. The molecule has 0 saturated carbocycles. The Bertz CT molecular complexity index is 1350. The van der Waals surface area contributed by atoms with Crippen molar-refractivity contribution in [1.29, 1.82) is 0 Å². The highest BCUT2D eigenvalue weighted by molar-refractivity contribution is 8.00. The molecule has 0 spiro atoms. The predicted octanol–water partition coefficient (Wildman–Crippen LogP) is 2.83. The van der Waals surface area contributed by atoms with Gasteiger partial charge in [0.2, 0.25) is 11.8 Å². The van der Waals surface area contributed by atoms with Gasteiger partial charge in [-0.3, -0.25) is 19.6 Å². The molecular formula is C25H26N6O4S. The number of nitrogens with one attached hydrogen (secondary N) is 1. The molecule has 3 aromatic rings. The molecule has 2 aromatic heterocycles. The predicted molar refractivity (Wildman–Crippen MR) is 138 cm³/mol. The average molecular weight is 507 g/mol. The number of methoxy groups -OCH3 is 1. The Morgan fingerprint density at radius 1 is 1.22 bits per heavy atom. The zero-order valence-corrected chi connectivity index (χ0v) is 20.8. The fourth-order valence-corrected chi connectivity index (χ4v) is 5.70. The van der Waals surface area contributed by atoms with Gasteiger partial charge in [-0.15, -0.1) is 11.8 Å². The number of hydrogen-bond donors (Lipinski definition) is 1. The minimum absolute atomic E-state index is 0.0323. The lowest BCUT2D eigenvalue weighted by Crippen LogP contribution is -2.60. The number of ether oxygens (including phenoxy) is 2. The standard InChI is InChI=1S/C25H26N6O4S/c1-29(16-11-30(12-16)20-7-8-26-18-4-6-23(34-2)28-24(18)20)10-17-13-35-25(33)31(17)15-3-5-21-19(9-15)27-22(32)14-36-21/h3-9,16-17H,10-14H2,1-2H3,(H,27,32)/t17-/m0/s1. The number of amides is 2. The van der Waals surface area contributed by atoms with E-state index in [2.05, 4.69) is 32.1 Å². The smallest absolute Gasteiger partial charge is 0.414 e. The van der Waals surface area contributed by atoms with E-state index in [4.69, 9.17) is 9.47 Å². The molecule has 10 nitrogen and oxygen atoms in total. The number of anilines is 3. The van der Waals surface area contributed by atoms with Crippen LogP contribution in [0.5, 0.6) is 5.88 Å². The molecule has 0 aliphatic carbocycles. The van der Waals surface area contributed by atoms with Crippen LogP contribution in [0.4, 0.5) is 21.9 Å². The molecule has 3 aliphatic rings. The summed E-state index contributed by atoms with van der Waals surface area (Å²) in [7, 11) is 3.69. The highest BCUT2D eigenvalue weighted by Gasteiger charge is 2.39. The first-order valence-corrected chi connectivity index (χ1v) is 12.8. The van der Waals surface area contributed by atoms with Crippen molar-refractivity contribution in [2.24, 2.45) is 0 Å². The number of cyclic esters (lactones) is 1. The Hall–Kier alpha value is -3.57. The second-order valence-corrected chi connectivity index (χ2v) is 10.2. The summed E-state index contributed by atoms with van der Waals surface area (Å²) in [6, 6.07) is 11.7. The van der Waals surface area contributed by atoms with E-state index in [1.54, 1.807) is 12.0 Å². The lowest BCUT2D eigenvalue weighted by molar-refractivity contribution is -0.113. The number of hydrogen-bond acceptors (Lipinski definition) is 9. The van der Waals surface area contributed by atoms with Gasteiger partial charge < -0.3 is 19.7 Å². The van der Waals surface area contributed by atoms with Gasteiger partial charge in [0.25, 0.3) is 0 Å². The van der Waals surface area contributed by atoms with Crippen LogP contribution in [0, 0.1) is 0 Å². The molecule has 2 saturated heterocycles. The molecule has 0 unspecified atom stereocenters. The van der Waals surface area contributed by atoms with E-state index in [0.29, 0.717) is 30.8 Å². The first-order valence-electron chi connectivity index (χ1n) is 11.8. The van der Waals surface area contributed by atoms with E-state index in [-0.39, 0.29) is 18.0 Å². The topological polar surface area (TPSA) is 100 Å². The maximum atomic E-state index is 12.6. The van der Waals surface area contributed by atoms with Crippen LogP contribution >= 0.6 is 11.8 Å². The molecule has 0 bridgehead atoms. The van der Waals surface area contributed by atoms with Gasteiger partial charge in [-0.1, -0.05) is 0 Å². The van der Waals surface area contributed by atoms with Crippen molar-refractivity contribution in [3.05, 3.63) is 42.6 Å². The van der Waals surface area contributed by atoms with E-state index in [0.717, 1.165) is 46.1 Å². The number of carbonyl (C=O) groups is 2. The number of nitrogens with zero attached hydrogens (tertiary/aromatic N) is 5. The Balaban J connectivity index is 1.14. The van der Waals surface area contributed by atoms with Gasteiger partial charge in [-0.25, -0.2) is 9.78 Å². The number of benzene rings is 1. The van der Waals surface area contributed by atoms with Crippen LogP contribution in [0.1, 0.15) is 0 Å². The molecule has 0 radical (unpaired) electrons. The van der Waals surface area contributed by atoms with Crippen LogP contribution in [0.15, 0.2) is 47.5 Å². The zero-order valence-electron chi connectivity index (χ0n) is 20.0. The highest BCUT2D eigenvalue weighted by Crippen LogP contribution is 2.36. The molecule has 3 aliphatic heterocycles. The number of rotatable bonds is 6. The van der Waals surface area contributed by atoms with Gasteiger partial charge in [0.05, 0.1) is 35.8 Å². The fraction of sp³-hybridized carbons (Fsp3) is 0.360. The van der Waals surface area contributed by atoms with Crippen molar-refractivity contribution < 1.29 is 19.1 Å². The lowest BCUT2D eigenvalue weighted by atomic mass is 10.0. The first-order chi connectivity index (χ1) is 17.5. The Labute approximate surface area is 212 Å². The number of likely N-dealkylation sites (N-methyl/N-ethyl adjacent to an activating group) is 1. The summed E-state index contributed by atoms with van der Waals surface area (Å²) in [6.45, 7) is 2.69. The van der Waals surface area contributed by atoms with Crippen LogP contribution in [0.3, 0.4) is 0 Å². The number of fused-ring (bicyclic) bond motifs is 2. The Kier molecular flexibility index (Phi) is 5.81. The molecule has 2 fully saturated rings. The number of carbonyl (C=O) groups excluding carboxylic acids is 2. The van der Waals surface area contributed by atoms with Crippen LogP contribution < -0.4 is 19.9 Å². The lowest BCUT2D eigenvalue weighted by Gasteiger charge is -2.46. The van der Waals surface area contributed by atoms with Crippen LogP contribution in [-0.2, 0) is 9.53 Å². The second kappa shape index (κ2) is 9.14. The monoisotopic (exact) mass is 506 g/mol. The third kappa shape index (κ3) is 4.07. The number of aromatic nitrogens is 2. The summed E-state index contributed by atoms with van der Waals surface area (Å²) >= 11 is 1.50. The number of pyridine rings is 2. The number of thioether (sulfide) groups is 1. The van der Waals surface area contributed by atoms with Crippen molar-refractivity contribution in [3.8, 4) is 5.88 Å². The highest BCUT2D eigenvalue weighted by atomic mass is 32.2. The average Bonchev–Trinajstić information content (AvgIpc) is 3.22. The van der Waals surface area contributed by atoms with Gasteiger partial charge in [0.15, 0.2) is 0 Å². The normalized spacial score (nSPS) is 19.8. The molecular weight excluding hydrogens is 480 g/mol. The summed E-state index contributed by atoms with van der Waals surface area (Å²) in [5.41, 5.74) is 4.18. The van der Waals surface area contributed by atoms with Crippen molar-refractivity contribution in [1.82, 2.24) is 14.9 Å². The Morgan fingerprint density at radius 3 is 2.92 bits per heavy atom. The zero-order chi connectivity index (χ0) is 24.8. The SMILES string of the molecule is COc1ccc2nccc(N3CC(N(C)C[C@H]4COC(=O)N4c4ccc5c(c4)NC(=O)CS5)C3)c2n1. The van der Waals surface area contributed by atoms with Crippen LogP contribution in [0.25, 0.3) is 11.0 Å². The molecule has 11 heteroatoms. The van der Waals surface area contributed by atoms with Crippen molar-refractivity contribution in [3.63, 3.8) is 0 Å². The Morgan fingerprint density at radius 2 is 2.08 bits per heavy atom. The maximum absolute atomic E-state index is 12.6. The van der Waals surface area contributed by atoms with Crippen molar-refractivity contribution in [2.75, 3.05) is 61.3 Å². The van der Waals surface area contributed by atoms with E-state index in [1.165, 1.54) is 11.8 Å². The van der Waals surface area contributed by atoms with Gasteiger partial charge in [-0.2, -0.15) is 0 Å². The van der Waals surface area contributed by atoms with E-state index in [9.17, 15) is 9.59 Å². The molecule has 36 heavy (non-hydrogen) atoms. The van der Waals surface area contributed by atoms with Crippen LogP contribution in [-0.4, -0.2) is 85.1 Å². The van der Waals surface area contributed by atoms with Gasteiger partial charge in [-0.05, 0) is 37.4 Å². The largest absolute Gasteiger partial charge is 0.481 e. The first kappa shape index (κ1) is 22.9. The van der Waals surface area contributed by atoms with E-state index in [1.807, 2.05) is 42.6 Å². The van der Waals surface area contributed by atoms with Crippen LogP contribution in [0.2, 0.25) is 0 Å². The summed E-state index contributed by atoms with van der Waals surface area (Å²) in [6.07, 6.45) is 1.45. The van der Waals surface area contributed by atoms with Crippen molar-refractivity contribution in [2.45, 2.75) is 17.0 Å². The molecule has 1 N–H and O–H groups in total. The summed E-state index contributed by atoms with van der Waals surface area (Å²) in [5.74, 6) is 0.940. The fourth-order valence-electron chi connectivity index (χ4n) is 4.91. The molecule has 2 amide bonds. The summed E-state index contributed by atoms with van der Waals surface area (Å²) in [4.78, 5) is 40.8. The third-order valence-corrected chi connectivity index (χ3v) is 7.98. The minimum Gasteiger partial charge on any atom is -0.481 e. The van der Waals surface area contributed by atoms with Crippen molar-refractivity contribution >= 4 is 51.9 Å². The second-order valence-electron chi connectivity index (χ2n) is 9.17. The summed E-state index contributed by atoms with van der Waals surface area (Å²) in [5, 5.41) is 2.90. The van der Waals surface area contributed by atoms with Gasteiger partial charge in [0, 0.05) is 48.5 Å². The maximum Gasteiger partial charge on any atom is 0.414 e. The van der Waals surface area contributed by atoms with Gasteiger partial charge >= 0.3 is 6.09 Å². The molecule has 1 atom stereocenters.